The highest BCUT2D eigenvalue weighted by Crippen LogP contribution is 2.34. The van der Waals surface area contributed by atoms with Gasteiger partial charge in [0.15, 0.2) is 5.69 Å². The monoisotopic (exact) mass is 311 g/mol. The van der Waals surface area contributed by atoms with Crippen LogP contribution in [0.15, 0.2) is 18.2 Å². The van der Waals surface area contributed by atoms with E-state index < -0.39 is 24.2 Å². The van der Waals surface area contributed by atoms with Crippen molar-refractivity contribution in [3.05, 3.63) is 39.6 Å². The van der Waals surface area contributed by atoms with Gasteiger partial charge in [0.05, 0.1) is 16.7 Å². The number of aliphatic hydroxyl groups excluding tert-OH is 1. The molecule has 0 radical (unpaired) electrons. The molecule has 1 aromatic carbocycles. The van der Waals surface area contributed by atoms with Crippen LogP contribution < -0.4 is 0 Å². The minimum Gasteiger partial charge on any atom is -0.390 e. The standard InChI is InChI=1S/C10H6Cl2F3N3O/c11-5-2-1-3-6(12)8(5)18-7(4-19)9(16-17-18)10(13,14)15/h1-3,19H,4H2. The van der Waals surface area contributed by atoms with Crippen molar-refractivity contribution in [1.82, 2.24) is 15.0 Å². The summed E-state index contributed by atoms with van der Waals surface area (Å²) in [4.78, 5) is 0. The first kappa shape index (κ1) is 14.1. The van der Waals surface area contributed by atoms with Gasteiger partial charge in [0.1, 0.15) is 11.4 Å². The quantitative estimate of drug-likeness (QED) is 0.927. The van der Waals surface area contributed by atoms with E-state index in [4.69, 9.17) is 28.3 Å². The van der Waals surface area contributed by atoms with E-state index in [1.54, 1.807) is 0 Å². The second kappa shape index (κ2) is 4.99. The summed E-state index contributed by atoms with van der Waals surface area (Å²) in [6.45, 7) is -0.899. The molecule has 0 saturated heterocycles. The first-order valence-corrected chi connectivity index (χ1v) is 5.69. The van der Waals surface area contributed by atoms with E-state index >= 15 is 0 Å². The van der Waals surface area contributed by atoms with Crippen molar-refractivity contribution in [3.8, 4) is 5.69 Å². The average molecular weight is 312 g/mol. The predicted octanol–water partition coefficient (Wildman–Crippen LogP) is 3.09. The molecule has 19 heavy (non-hydrogen) atoms. The summed E-state index contributed by atoms with van der Waals surface area (Å²) in [5.41, 5.74) is -1.76. The largest absolute Gasteiger partial charge is 0.437 e. The van der Waals surface area contributed by atoms with Gasteiger partial charge in [-0.3, -0.25) is 0 Å². The topological polar surface area (TPSA) is 50.9 Å². The number of hydrogen-bond acceptors (Lipinski definition) is 3. The Kier molecular flexibility index (Phi) is 3.71. The fourth-order valence-electron chi connectivity index (χ4n) is 1.53. The Hall–Kier alpha value is -1.31. The summed E-state index contributed by atoms with van der Waals surface area (Å²) in [6.07, 6.45) is -4.72. The van der Waals surface area contributed by atoms with Crippen LogP contribution in [0.1, 0.15) is 11.4 Å². The summed E-state index contributed by atoms with van der Waals surface area (Å²) in [5, 5.41) is 15.7. The average Bonchev–Trinajstić information content (AvgIpc) is 2.72. The smallest absolute Gasteiger partial charge is 0.390 e. The van der Waals surface area contributed by atoms with Gasteiger partial charge in [-0.05, 0) is 12.1 Å². The van der Waals surface area contributed by atoms with Crippen LogP contribution >= 0.6 is 23.2 Å². The van der Waals surface area contributed by atoms with E-state index in [0.717, 1.165) is 4.68 Å². The van der Waals surface area contributed by atoms with Gasteiger partial charge < -0.3 is 5.11 Å². The summed E-state index contributed by atoms with van der Waals surface area (Å²) in [6, 6.07) is 4.42. The number of halogens is 5. The van der Waals surface area contributed by atoms with Crippen molar-refractivity contribution < 1.29 is 18.3 Å². The van der Waals surface area contributed by atoms with E-state index in [-0.39, 0.29) is 15.7 Å². The Morgan fingerprint density at radius 1 is 1.21 bits per heavy atom. The maximum atomic E-state index is 12.7. The molecule has 0 unspecified atom stereocenters. The Bertz CT molecular complexity index is 592. The second-order valence-electron chi connectivity index (χ2n) is 3.52. The molecule has 0 bridgehead atoms. The van der Waals surface area contributed by atoms with Gasteiger partial charge in [-0.1, -0.05) is 34.5 Å². The molecule has 2 aromatic rings. The van der Waals surface area contributed by atoms with Gasteiger partial charge in [-0.2, -0.15) is 13.2 Å². The molecule has 1 heterocycles. The lowest BCUT2D eigenvalue weighted by molar-refractivity contribution is -0.142. The van der Waals surface area contributed by atoms with Crippen molar-refractivity contribution in [2.45, 2.75) is 12.8 Å². The Morgan fingerprint density at radius 3 is 2.26 bits per heavy atom. The van der Waals surface area contributed by atoms with Crippen LogP contribution in [-0.4, -0.2) is 20.1 Å². The Labute approximate surface area is 115 Å². The molecule has 1 N–H and O–H groups in total. The number of aromatic nitrogens is 3. The number of hydrogen-bond donors (Lipinski definition) is 1. The van der Waals surface area contributed by atoms with E-state index in [2.05, 4.69) is 10.3 Å². The summed E-state index contributed by atoms with van der Waals surface area (Å²) < 4.78 is 38.8. The molecule has 4 nitrogen and oxygen atoms in total. The van der Waals surface area contributed by atoms with E-state index in [1.165, 1.54) is 18.2 Å². The molecule has 0 fully saturated rings. The molecule has 0 amide bonds. The number of aliphatic hydroxyl groups is 1. The predicted molar refractivity (Wildman–Crippen MR) is 62.3 cm³/mol. The molecule has 1 aromatic heterocycles. The fraction of sp³-hybridized carbons (Fsp3) is 0.200. The van der Waals surface area contributed by atoms with E-state index in [1.807, 2.05) is 0 Å². The molecule has 0 spiro atoms. The van der Waals surface area contributed by atoms with Crippen LogP contribution in [0.25, 0.3) is 5.69 Å². The molecule has 102 valence electrons. The zero-order valence-corrected chi connectivity index (χ0v) is 10.6. The highest BCUT2D eigenvalue weighted by Gasteiger charge is 2.38. The van der Waals surface area contributed by atoms with Crippen molar-refractivity contribution >= 4 is 23.2 Å². The number of rotatable bonds is 2. The Morgan fingerprint density at radius 2 is 1.79 bits per heavy atom. The third-order valence-corrected chi connectivity index (χ3v) is 2.94. The minimum absolute atomic E-state index is 0.0397. The zero-order valence-electron chi connectivity index (χ0n) is 9.12. The first-order valence-electron chi connectivity index (χ1n) is 4.93. The highest BCUT2D eigenvalue weighted by molar-refractivity contribution is 6.37. The highest BCUT2D eigenvalue weighted by atomic mass is 35.5. The number of para-hydroxylation sites is 1. The summed E-state index contributed by atoms with van der Waals surface area (Å²) in [7, 11) is 0. The van der Waals surface area contributed by atoms with Gasteiger partial charge >= 0.3 is 6.18 Å². The van der Waals surface area contributed by atoms with Crippen LogP contribution in [0.3, 0.4) is 0 Å². The number of nitrogens with zero attached hydrogens (tertiary/aromatic N) is 3. The SMILES string of the molecule is OCc1c(C(F)(F)F)nnn1-c1c(Cl)cccc1Cl. The van der Waals surface area contributed by atoms with Crippen LogP contribution in [0.4, 0.5) is 13.2 Å². The zero-order chi connectivity index (χ0) is 14.2. The molecule has 0 aliphatic rings. The molecular formula is C10H6Cl2F3N3O. The van der Waals surface area contributed by atoms with Crippen LogP contribution in [0.5, 0.6) is 0 Å². The van der Waals surface area contributed by atoms with Crippen molar-refractivity contribution in [2.75, 3.05) is 0 Å². The Balaban J connectivity index is 2.68. The number of benzene rings is 1. The van der Waals surface area contributed by atoms with Gasteiger partial charge in [-0.25, -0.2) is 4.68 Å². The lowest BCUT2D eigenvalue weighted by Crippen LogP contribution is -2.11. The molecular weight excluding hydrogens is 306 g/mol. The van der Waals surface area contributed by atoms with Crippen molar-refractivity contribution in [1.29, 1.82) is 0 Å². The second-order valence-corrected chi connectivity index (χ2v) is 4.34. The third-order valence-electron chi connectivity index (χ3n) is 2.33. The molecule has 9 heteroatoms. The molecule has 2 rings (SSSR count). The van der Waals surface area contributed by atoms with Gasteiger partial charge in [-0.15, -0.1) is 5.10 Å². The maximum Gasteiger partial charge on any atom is 0.437 e. The summed E-state index contributed by atoms with van der Waals surface area (Å²) >= 11 is 11.8. The van der Waals surface area contributed by atoms with Gasteiger partial charge in [0.2, 0.25) is 0 Å². The van der Waals surface area contributed by atoms with Crippen LogP contribution in [0.2, 0.25) is 10.0 Å². The summed E-state index contributed by atoms with van der Waals surface area (Å²) in [5.74, 6) is 0. The van der Waals surface area contributed by atoms with E-state index in [0.29, 0.717) is 0 Å². The van der Waals surface area contributed by atoms with Crippen LogP contribution in [0, 0.1) is 0 Å². The lowest BCUT2D eigenvalue weighted by atomic mass is 10.2. The maximum absolute atomic E-state index is 12.7. The lowest BCUT2D eigenvalue weighted by Gasteiger charge is -2.10. The van der Waals surface area contributed by atoms with Crippen molar-refractivity contribution in [2.24, 2.45) is 0 Å². The van der Waals surface area contributed by atoms with Gasteiger partial charge in [0, 0.05) is 0 Å². The van der Waals surface area contributed by atoms with Crippen molar-refractivity contribution in [3.63, 3.8) is 0 Å². The molecule has 0 aliphatic heterocycles. The molecule has 0 atom stereocenters. The van der Waals surface area contributed by atoms with Gasteiger partial charge in [0.25, 0.3) is 0 Å². The number of alkyl halides is 3. The van der Waals surface area contributed by atoms with Crippen LogP contribution in [-0.2, 0) is 12.8 Å². The molecule has 0 saturated carbocycles. The normalized spacial score (nSPS) is 11.9. The third kappa shape index (κ3) is 2.54. The minimum atomic E-state index is -4.72. The fourth-order valence-corrected chi connectivity index (χ4v) is 2.09. The van der Waals surface area contributed by atoms with E-state index in [9.17, 15) is 13.2 Å². The first-order chi connectivity index (χ1) is 8.86. The molecule has 0 aliphatic carbocycles.